The lowest BCUT2D eigenvalue weighted by Gasteiger charge is -2.24. The molecule has 0 unspecified atom stereocenters. The number of aliphatic carboxylic acids is 1. The van der Waals surface area contributed by atoms with E-state index in [1.807, 2.05) is 48.5 Å². The van der Waals surface area contributed by atoms with Gasteiger partial charge in [-0.15, -0.1) is 11.3 Å². The van der Waals surface area contributed by atoms with Gasteiger partial charge >= 0.3 is 5.97 Å². The van der Waals surface area contributed by atoms with Crippen LogP contribution >= 0.6 is 11.3 Å². The lowest BCUT2D eigenvalue weighted by Crippen LogP contribution is -2.32. The number of carboxylic acids is 1. The Balaban J connectivity index is 1.16. The predicted octanol–water partition coefficient (Wildman–Crippen LogP) is 7.56. The minimum absolute atomic E-state index is 0.159. The van der Waals surface area contributed by atoms with Crippen LogP contribution in [0.2, 0.25) is 0 Å². The topological polar surface area (TPSA) is 78.9 Å². The van der Waals surface area contributed by atoms with E-state index < -0.39 is 12.0 Å². The van der Waals surface area contributed by atoms with E-state index in [1.165, 1.54) is 10.6 Å². The smallest absolute Gasteiger partial charge is 0.326 e. The molecule has 43 heavy (non-hydrogen) atoms. The molecule has 1 heterocycles. The second-order valence-electron chi connectivity index (χ2n) is 10.2. The number of carboxylic acid groups (broad SMARTS) is 1. The first-order valence-electron chi connectivity index (χ1n) is 14.3. The number of anilines is 2. The summed E-state index contributed by atoms with van der Waals surface area (Å²) in [5.74, 6) is -0.410. The van der Waals surface area contributed by atoms with Gasteiger partial charge in [-0.1, -0.05) is 78.9 Å². The molecule has 0 radical (unpaired) electrons. The highest BCUT2D eigenvalue weighted by atomic mass is 32.1. The fourth-order valence-electron chi connectivity index (χ4n) is 4.87. The molecule has 1 atom stereocenters. The van der Waals surface area contributed by atoms with Crippen LogP contribution in [-0.4, -0.2) is 36.1 Å². The van der Waals surface area contributed by atoms with Crippen molar-refractivity contribution in [2.24, 2.45) is 0 Å². The van der Waals surface area contributed by atoms with Crippen LogP contribution in [0, 0.1) is 0 Å². The highest BCUT2D eigenvalue weighted by Crippen LogP contribution is 2.23. The molecule has 218 valence electrons. The van der Waals surface area contributed by atoms with Crippen LogP contribution in [0.25, 0.3) is 0 Å². The molecule has 0 aliphatic heterocycles. The second-order valence-corrected chi connectivity index (χ2v) is 11.2. The molecule has 0 aliphatic rings. The van der Waals surface area contributed by atoms with E-state index in [9.17, 15) is 14.7 Å². The SMILES string of the molecule is O=C(c1ccccc1)c1ccccc1N[C@@H](Cc1ccc(OCCCN(Cc2cccs2)c2ccccc2)cc1)C(=O)O. The standard InChI is InChI=1S/C36H34N2O4S/c39-35(28-11-3-1-4-12-28)32-16-7-8-17-33(32)37-34(36(40)41)25-27-18-20-30(21-19-27)42-23-10-22-38(26-31-15-9-24-43-31)29-13-5-2-6-14-29/h1-9,11-21,24,34,37H,10,22-23,25-26H2,(H,40,41)/t34-/m0/s1. The average Bonchev–Trinajstić information content (AvgIpc) is 3.57. The maximum atomic E-state index is 13.1. The number of para-hydroxylation sites is 2. The lowest BCUT2D eigenvalue weighted by molar-refractivity contribution is -0.137. The summed E-state index contributed by atoms with van der Waals surface area (Å²) in [6.45, 7) is 2.29. The molecular weight excluding hydrogens is 556 g/mol. The predicted molar refractivity (Wildman–Crippen MR) is 173 cm³/mol. The van der Waals surface area contributed by atoms with Gasteiger partial charge in [0.15, 0.2) is 5.78 Å². The number of ketones is 1. The number of ether oxygens (including phenoxy) is 1. The molecule has 2 N–H and O–H groups in total. The fourth-order valence-corrected chi connectivity index (χ4v) is 5.59. The molecule has 5 aromatic rings. The van der Waals surface area contributed by atoms with Gasteiger partial charge in [0.25, 0.3) is 0 Å². The Bertz CT molecular complexity index is 1590. The van der Waals surface area contributed by atoms with E-state index in [0.29, 0.717) is 23.4 Å². The van der Waals surface area contributed by atoms with E-state index >= 15 is 0 Å². The average molecular weight is 591 g/mol. The van der Waals surface area contributed by atoms with Crippen molar-refractivity contribution >= 4 is 34.5 Å². The van der Waals surface area contributed by atoms with Crippen molar-refractivity contribution in [3.05, 3.63) is 148 Å². The molecule has 7 heteroatoms. The van der Waals surface area contributed by atoms with Crippen molar-refractivity contribution in [1.29, 1.82) is 0 Å². The van der Waals surface area contributed by atoms with Gasteiger partial charge in [0.1, 0.15) is 11.8 Å². The summed E-state index contributed by atoms with van der Waals surface area (Å²) in [6.07, 6.45) is 1.10. The van der Waals surface area contributed by atoms with Gasteiger partial charge in [-0.25, -0.2) is 4.79 Å². The molecule has 0 fully saturated rings. The molecule has 0 spiro atoms. The van der Waals surface area contributed by atoms with Crippen LogP contribution in [0.15, 0.2) is 127 Å². The van der Waals surface area contributed by atoms with Crippen LogP contribution < -0.4 is 15.0 Å². The Hall–Kier alpha value is -4.88. The third-order valence-corrected chi connectivity index (χ3v) is 7.95. The highest BCUT2D eigenvalue weighted by molar-refractivity contribution is 7.09. The normalized spacial score (nSPS) is 11.4. The van der Waals surface area contributed by atoms with Crippen LogP contribution in [-0.2, 0) is 17.8 Å². The van der Waals surface area contributed by atoms with E-state index in [0.717, 1.165) is 30.8 Å². The summed E-state index contributed by atoms with van der Waals surface area (Å²) in [5, 5.41) is 15.2. The number of hydrogen-bond donors (Lipinski definition) is 2. The van der Waals surface area contributed by atoms with Crippen molar-refractivity contribution < 1.29 is 19.4 Å². The molecule has 0 saturated heterocycles. The Labute approximate surface area is 256 Å². The third-order valence-electron chi connectivity index (χ3n) is 7.09. The summed E-state index contributed by atoms with van der Waals surface area (Å²) >= 11 is 1.76. The first-order valence-corrected chi connectivity index (χ1v) is 15.2. The zero-order chi connectivity index (χ0) is 29.9. The van der Waals surface area contributed by atoms with Gasteiger partial charge in [0.05, 0.1) is 13.2 Å². The largest absolute Gasteiger partial charge is 0.494 e. The van der Waals surface area contributed by atoms with Gasteiger partial charge in [-0.05, 0) is 59.8 Å². The van der Waals surface area contributed by atoms with Crippen molar-refractivity contribution in [2.45, 2.75) is 25.4 Å². The number of benzene rings is 4. The summed E-state index contributed by atoms with van der Waals surface area (Å²) < 4.78 is 6.02. The van der Waals surface area contributed by atoms with Crippen LogP contribution in [0.3, 0.4) is 0 Å². The molecule has 0 aliphatic carbocycles. The minimum atomic E-state index is -0.993. The van der Waals surface area contributed by atoms with Crippen molar-refractivity contribution in [3.8, 4) is 5.75 Å². The van der Waals surface area contributed by atoms with Crippen LogP contribution in [0.4, 0.5) is 11.4 Å². The van der Waals surface area contributed by atoms with Gasteiger partial charge < -0.3 is 20.1 Å². The van der Waals surface area contributed by atoms with E-state index in [-0.39, 0.29) is 12.2 Å². The molecule has 1 aromatic heterocycles. The summed E-state index contributed by atoms with van der Waals surface area (Å²) in [5.41, 5.74) is 3.52. The van der Waals surface area contributed by atoms with E-state index in [2.05, 4.69) is 52.0 Å². The first-order chi connectivity index (χ1) is 21.1. The van der Waals surface area contributed by atoms with Crippen molar-refractivity contribution in [3.63, 3.8) is 0 Å². The Kier molecular flexibility index (Phi) is 10.2. The van der Waals surface area contributed by atoms with Gasteiger partial charge in [0.2, 0.25) is 0 Å². The minimum Gasteiger partial charge on any atom is -0.494 e. The maximum absolute atomic E-state index is 13.1. The molecule has 0 bridgehead atoms. The molecule has 4 aromatic carbocycles. The summed E-state index contributed by atoms with van der Waals surface area (Å²) in [7, 11) is 0. The first kappa shape index (κ1) is 29.6. The Morgan fingerprint density at radius 2 is 1.51 bits per heavy atom. The van der Waals surface area contributed by atoms with E-state index in [4.69, 9.17) is 4.74 Å². The number of carbonyl (C=O) groups excluding carboxylic acids is 1. The number of rotatable bonds is 15. The molecule has 6 nitrogen and oxygen atoms in total. The zero-order valence-corrected chi connectivity index (χ0v) is 24.6. The zero-order valence-electron chi connectivity index (χ0n) is 23.8. The third kappa shape index (κ3) is 8.33. The fraction of sp³-hybridized carbons (Fsp3) is 0.167. The van der Waals surface area contributed by atoms with E-state index in [1.54, 1.807) is 47.7 Å². The van der Waals surface area contributed by atoms with Crippen molar-refractivity contribution in [2.75, 3.05) is 23.4 Å². The van der Waals surface area contributed by atoms with Crippen molar-refractivity contribution in [1.82, 2.24) is 0 Å². The monoisotopic (exact) mass is 590 g/mol. The maximum Gasteiger partial charge on any atom is 0.326 e. The number of hydrogen-bond acceptors (Lipinski definition) is 6. The Morgan fingerprint density at radius 3 is 2.21 bits per heavy atom. The molecule has 5 rings (SSSR count). The number of nitrogens with one attached hydrogen (secondary N) is 1. The molecule has 0 saturated carbocycles. The lowest BCUT2D eigenvalue weighted by atomic mass is 10.00. The number of nitrogens with zero attached hydrogens (tertiary/aromatic N) is 1. The number of thiophene rings is 1. The molecular formula is C36H34N2O4S. The Morgan fingerprint density at radius 1 is 0.814 bits per heavy atom. The summed E-state index contributed by atoms with van der Waals surface area (Å²) in [6, 6.07) is 37.3. The summed E-state index contributed by atoms with van der Waals surface area (Å²) in [4.78, 5) is 29.0. The van der Waals surface area contributed by atoms with Gasteiger partial charge in [0, 0.05) is 40.3 Å². The highest BCUT2D eigenvalue weighted by Gasteiger charge is 2.21. The second kappa shape index (κ2) is 14.8. The molecule has 0 amide bonds. The number of carbonyl (C=O) groups is 2. The van der Waals surface area contributed by atoms with Gasteiger partial charge in [-0.2, -0.15) is 0 Å². The quantitative estimate of drug-likeness (QED) is 0.0968. The van der Waals surface area contributed by atoms with Crippen LogP contribution in [0.5, 0.6) is 5.75 Å². The van der Waals surface area contributed by atoms with Crippen LogP contribution in [0.1, 0.15) is 32.8 Å². The van der Waals surface area contributed by atoms with Gasteiger partial charge in [-0.3, -0.25) is 4.79 Å².